The lowest BCUT2D eigenvalue weighted by Crippen LogP contribution is -2.48. The summed E-state index contributed by atoms with van der Waals surface area (Å²) in [5.74, 6) is -2.64. The molecule has 1 aromatic rings. The fourth-order valence-corrected chi connectivity index (χ4v) is 3.63. The quantitative estimate of drug-likeness (QED) is 0.579. The Morgan fingerprint density at radius 1 is 1.15 bits per heavy atom. The number of carbonyl (C=O) groups excluding carboxylic acids is 2. The minimum Gasteiger partial charge on any atom is -0.335 e. The Bertz CT molecular complexity index is 773. The number of hydrogen-bond donors (Lipinski definition) is 0. The summed E-state index contributed by atoms with van der Waals surface area (Å²) in [4.78, 5) is 36.9. The number of non-ortho nitro benzene ring substituents is 1. The summed E-state index contributed by atoms with van der Waals surface area (Å²) in [5, 5.41) is 11.0. The zero-order valence-corrected chi connectivity index (χ0v) is 14.4. The molecule has 0 radical (unpaired) electrons. The van der Waals surface area contributed by atoms with Crippen molar-refractivity contribution in [1.82, 2.24) is 4.90 Å². The van der Waals surface area contributed by atoms with Gasteiger partial charge < -0.3 is 9.80 Å². The molecule has 1 fully saturated rings. The van der Waals surface area contributed by atoms with E-state index in [4.69, 9.17) is 0 Å². The predicted molar refractivity (Wildman–Crippen MR) is 89.1 cm³/mol. The molecule has 0 N–H and O–H groups in total. The number of halogens is 3. The molecule has 0 spiro atoms. The smallest absolute Gasteiger partial charge is 0.335 e. The van der Waals surface area contributed by atoms with Gasteiger partial charge in [-0.1, -0.05) is 6.07 Å². The Morgan fingerprint density at radius 2 is 1.81 bits per heavy atom. The van der Waals surface area contributed by atoms with Crippen LogP contribution in [0, 0.1) is 16.0 Å². The second kappa shape index (κ2) is 7.16. The number of fused-ring (bicyclic) bond motifs is 1. The molecule has 146 valence electrons. The van der Waals surface area contributed by atoms with E-state index in [-0.39, 0.29) is 37.5 Å². The van der Waals surface area contributed by atoms with Gasteiger partial charge in [0.05, 0.1) is 10.6 Å². The fraction of sp³-hybridized carbons (Fsp3) is 0.529. The van der Waals surface area contributed by atoms with Gasteiger partial charge in [-0.3, -0.25) is 19.7 Å². The Kier molecular flexibility index (Phi) is 5.07. The van der Waals surface area contributed by atoms with Crippen molar-refractivity contribution in [3.05, 3.63) is 33.9 Å². The van der Waals surface area contributed by atoms with Crippen LogP contribution in [0.5, 0.6) is 0 Å². The normalized spacial score (nSPS) is 18.2. The number of nitro benzene ring substituents is 1. The van der Waals surface area contributed by atoms with E-state index < -0.39 is 22.9 Å². The van der Waals surface area contributed by atoms with Gasteiger partial charge in [0.15, 0.2) is 0 Å². The van der Waals surface area contributed by atoms with E-state index in [1.54, 1.807) is 6.07 Å². The zero-order chi connectivity index (χ0) is 19.8. The summed E-state index contributed by atoms with van der Waals surface area (Å²) < 4.78 is 37.6. The van der Waals surface area contributed by atoms with Crippen molar-refractivity contribution in [1.29, 1.82) is 0 Å². The maximum Gasteiger partial charge on any atom is 0.471 e. The summed E-state index contributed by atoms with van der Waals surface area (Å²) in [5.41, 5.74) is 1.22. The van der Waals surface area contributed by atoms with Crippen LogP contribution >= 0.6 is 0 Å². The molecule has 0 atom stereocenters. The van der Waals surface area contributed by atoms with E-state index in [2.05, 4.69) is 0 Å². The number of carbonyl (C=O) groups is 2. The van der Waals surface area contributed by atoms with Gasteiger partial charge in [0, 0.05) is 37.7 Å². The lowest BCUT2D eigenvalue weighted by atomic mass is 9.93. The second-order valence-corrected chi connectivity index (χ2v) is 6.73. The van der Waals surface area contributed by atoms with Gasteiger partial charge in [-0.25, -0.2) is 0 Å². The molecular formula is C17H18F3N3O4. The van der Waals surface area contributed by atoms with Crippen LogP contribution in [0.4, 0.5) is 24.5 Å². The highest BCUT2D eigenvalue weighted by Gasteiger charge is 2.44. The van der Waals surface area contributed by atoms with Gasteiger partial charge in [-0.15, -0.1) is 0 Å². The minimum absolute atomic E-state index is 0.112. The van der Waals surface area contributed by atoms with Gasteiger partial charge >= 0.3 is 12.1 Å². The van der Waals surface area contributed by atoms with Gasteiger partial charge in [0.1, 0.15) is 0 Å². The number of hydrogen-bond acceptors (Lipinski definition) is 4. The lowest BCUT2D eigenvalue weighted by molar-refractivity contribution is -0.384. The summed E-state index contributed by atoms with van der Waals surface area (Å²) >= 11 is 0. The third-order valence-corrected chi connectivity index (χ3v) is 5.04. The monoisotopic (exact) mass is 385 g/mol. The molecule has 0 unspecified atom stereocenters. The van der Waals surface area contributed by atoms with Crippen LogP contribution < -0.4 is 4.90 Å². The van der Waals surface area contributed by atoms with Crippen LogP contribution in [-0.4, -0.2) is 47.4 Å². The lowest BCUT2D eigenvalue weighted by Gasteiger charge is -2.36. The molecule has 10 heteroatoms. The van der Waals surface area contributed by atoms with E-state index in [1.165, 1.54) is 17.0 Å². The van der Waals surface area contributed by atoms with Gasteiger partial charge in [0.2, 0.25) is 5.91 Å². The Hall–Kier alpha value is -2.65. The summed E-state index contributed by atoms with van der Waals surface area (Å²) in [6.07, 6.45) is -3.22. The van der Waals surface area contributed by atoms with Gasteiger partial charge in [0.25, 0.3) is 5.69 Å². The molecule has 7 nitrogen and oxygen atoms in total. The molecule has 0 aromatic heterocycles. The number of alkyl halides is 3. The highest BCUT2D eigenvalue weighted by atomic mass is 19.4. The topological polar surface area (TPSA) is 83.8 Å². The van der Waals surface area contributed by atoms with Crippen LogP contribution in [0.3, 0.4) is 0 Å². The van der Waals surface area contributed by atoms with Crippen LogP contribution in [0.15, 0.2) is 18.2 Å². The van der Waals surface area contributed by atoms with Crippen molar-refractivity contribution in [3.8, 4) is 0 Å². The third kappa shape index (κ3) is 3.88. The van der Waals surface area contributed by atoms with Crippen molar-refractivity contribution in [2.24, 2.45) is 5.92 Å². The number of aryl methyl sites for hydroxylation is 1. The number of piperidine rings is 1. The molecule has 2 amide bonds. The number of likely N-dealkylation sites (tertiary alicyclic amines) is 1. The molecular weight excluding hydrogens is 367 g/mol. The molecule has 2 heterocycles. The van der Waals surface area contributed by atoms with Crippen molar-refractivity contribution in [2.45, 2.75) is 31.9 Å². The molecule has 2 aliphatic heterocycles. The van der Waals surface area contributed by atoms with Crippen LogP contribution in [0.25, 0.3) is 0 Å². The standard InChI is InChI=1S/C17H18F3N3O4/c18-17(19,20)16(25)21-8-5-12(6-9-21)15(24)22-7-1-2-11-3-4-13(23(26)27)10-14(11)22/h3-4,10,12H,1-2,5-9H2. The van der Waals surface area contributed by atoms with E-state index >= 15 is 0 Å². The molecule has 2 aliphatic rings. The molecule has 1 aromatic carbocycles. The summed E-state index contributed by atoms with van der Waals surface area (Å²) in [6, 6.07) is 4.40. The fourth-order valence-electron chi connectivity index (χ4n) is 3.63. The maximum atomic E-state index is 12.9. The van der Waals surface area contributed by atoms with Crippen LogP contribution in [0.1, 0.15) is 24.8 Å². The average molecular weight is 385 g/mol. The largest absolute Gasteiger partial charge is 0.471 e. The number of nitro groups is 1. The van der Waals surface area contributed by atoms with Crippen molar-refractivity contribution >= 4 is 23.2 Å². The number of anilines is 1. The first-order chi connectivity index (χ1) is 12.7. The Morgan fingerprint density at radius 3 is 2.41 bits per heavy atom. The first-order valence-electron chi connectivity index (χ1n) is 8.63. The van der Waals surface area contributed by atoms with E-state index in [1.807, 2.05) is 0 Å². The zero-order valence-electron chi connectivity index (χ0n) is 14.4. The van der Waals surface area contributed by atoms with Gasteiger partial charge in [-0.05, 0) is 31.2 Å². The highest BCUT2D eigenvalue weighted by molar-refractivity contribution is 5.96. The Balaban J connectivity index is 1.72. The molecule has 0 saturated carbocycles. The molecule has 0 aliphatic carbocycles. The summed E-state index contributed by atoms with van der Waals surface area (Å²) in [7, 11) is 0. The summed E-state index contributed by atoms with van der Waals surface area (Å²) in [6.45, 7) is 0.142. The molecule has 27 heavy (non-hydrogen) atoms. The average Bonchev–Trinajstić information content (AvgIpc) is 2.65. The first-order valence-corrected chi connectivity index (χ1v) is 8.63. The number of amides is 2. The Labute approximate surface area is 152 Å². The first kappa shape index (κ1) is 19.1. The molecule has 1 saturated heterocycles. The van der Waals surface area contributed by atoms with Crippen LogP contribution in [-0.2, 0) is 16.0 Å². The van der Waals surface area contributed by atoms with Gasteiger partial charge in [-0.2, -0.15) is 13.2 Å². The molecule has 3 rings (SSSR count). The van der Waals surface area contributed by atoms with E-state index in [0.717, 1.165) is 10.5 Å². The highest BCUT2D eigenvalue weighted by Crippen LogP contribution is 2.33. The predicted octanol–water partition coefficient (Wildman–Crippen LogP) is 2.67. The van der Waals surface area contributed by atoms with E-state index in [9.17, 15) is 32.9 Å². The second-order valence-electron chi connectivity index (χ2n) is 6.73. The SMILES string of the molecule is O=C(C1CCN(C(=O)C(F)(F)F)CC1)N1CCCc2ccc([N+](=O)[O-])cc21. The van der Waals surface area contributed by atoms with Crippen molar-refractivity contribution in [2.75, 3.05) is 24.5 Å². The number of rotatable bonds is 2. The number of benzene rings is 1. The minimum atomic E-state index is -4.92. The number of nitrogens with zero attached hydrogens (tertiary/aromatic N) is 3. The maximum absolute atomic E-state index is 12.9. The van der Waals surface area contributed by atoms with Crippen LogP contribution in [0.2, 0.25) is 0 Å². The van der Waals surface area contributed by atoms with Crippen molar-refractivity contribution < 1.29 is 27.7 Å². The molecule has 0 bridgehead atoms. The van der Waals surface area contributed by atoms with Crippen molar-refractivity contribution in [3.63, 3.8) is 0 Å². The van der Waals surface area contributed by atoms with E-state index in [0.29, 0.717) is 25.1 Å². The third-order valence-electron chi connectivity index (χ3n) is 5.04.